The maximum Gasteiger partial charge on any atom is 0.0468 e. The van der Waals surface area contributed by atoms with Gasteiger partial charge in [-0.2, -0.15) is 0 Å². The van der Waals surface area contributed by atoms with E-state index in [1.54, 1.807) is 0 Å². The first-order valence-corrected chi connectivity index (χ1v) is 7.07. The molecule has 0 saturated heterocycles. The standard InChI is InChI=1S/C15H23ClN2/c1-10-4-5-12(7-14(10)16)15(8-17)18(3)9-13-6-11(13)2/h4-5,7,11,13,15H,6,8-9,17H2,1-3H3. The average Bonchev–Trinajstić information content (AvgIpc) is 3.00. The molecule has 2 N–H and O–H groups in total. The van der Waals surface area contributed by atoms with Crippen LogP contribution in [0.15, 0.2) is 18.2 Å². The predicted octanol–water partition coefficient (Wildman–Crippen LogP) is 3.24. The molecule has 0 aromatic heterocycles. The van der Waals surface area contributed by atoms with Gasteiger partial charge in [0.1, 0.15) is 0 Å². The zero-order chi connectivity index (χ0) is 13.3. The summed E-state index contributed by atoms with van der Waals surface area (Å²) in [6.45, 7) is 6.11. The first-order valence-electron chi connectivity index (χ1n) is 6.69. The molecule has 0 bridgehead atoms. The molecule has 1 aromatic rings. The summed E-state index contributed by atoms with van der Waals surface area (Å²) in [5.41, 5.74) is 8.29. The van der Waals surface area contributed by atoms with E-state index in [-0.39, 0.29) is 6.04 Å². The van der Waals surface area contributed by atoms with Crippen molar-refractivity contribution in [2.45, 2.75) is 26.3 Å². The number of aryl methyl sites for hydroxylation is 1. The molecule has 0 radical (unpaired) electrons. The smallest absolute Gasteiger partial charge is 0.0468 e. The van der Waals surface area contributed by atoms with Crippen LogP contribution in [-0.2, 0) is 0 Å². The first-order chi connectivity index (χ1) is 8.52. The number of rotatable bonds is 5. The largest absolute Gasteiger partial charge is 0.329 e. The molecular formula is C15H23ClN2. The van der Waals surface area contributed by atoms with Crippen molar-refractivity contribution >= 4 is 11.6 Å². The number of nitrogens with two attached hydrogens (primary N) is 1. The third kappa shape index (κ3) is 3.05. The molecule has 0 aliphatic heterocycles. The second kappa shape index (κ2) is 5.60. The van der Waals surface area contributed by atoms with Crippen LogP contribution in [-0.4, -0.2) is 25.0 Å². The lowest BCUT2D eigenvalue weighted by Gasteiger charge is -2.27. The molecule has 3 unspecified atom stereocenters. The SMILES string of the molecule is Cc1ccc(C(CN)N(C)CC2CC2C)cc1Cl. The molecule has 0 spiro atoms. The highest BCUT2D eigenvalue weighted by molar-refractivity contribution is 6.31. The minimum absolute atomic E-state index is 0.274. The van der Waals surface area contributed by atoms with Gasteiger partial charge in [0.05, 0.1) is 0 Å². The predicted molar refractivity (Wildman–Crippen MR) is 77.9 cm³/mol. The average molecular weight is 267 g/mol. The van der Waals surface area contributed by atoms with Gasteiger partial charge in [0.2, 0.25) is 0 Å². The summed E-state index contributed by atoms with van der Waals surface area (Å²) in [6, 6.07) is 6.55. The lowest BCUT2D eigenvalue weighted by atomic mass is 10.0. The molecule has 0 amide bonds. The van der Waals surface area contributed by atoms with Gasteiger partial charge in [-0.05, 0) is 49.4 Å². The summed E-state index contributed by atoms with van der Waals surface area (Å²) in [4.78, 5) is 2.37. The fourth-order valence-corrected chi connectivity index (χ4v) is 2.73. The molecule has 3 atom stereocenters. The maximum atomic E-state index is 6.20. The Balaban J connectivity index is 2.08. The normalized spacial score (nSPS) is 24.3. The van der Waals surface area contributed by atoms with E-state index >= 15 is 0 Å². The van der Waals surface area contributed by atoms with E-state index in [2.05, 4.69) is 37.1 Å². The Morgan fingerprint density at radius 2 is 2.17 bits per heavy atom. The van der Waals surface area contributed by atoms with E-state index in [1.165, 1.54) is 12.0 Å². The van der Waals surface area contributed by atoms with Crippen LogP contribution in [0.25, 0.3) is 0 Å². The van der Waals surface area contributed by atoms with Crippen molar-refractivity contribution in [1.82, 2.24) is 4.90 Å². The Morgan fingerprint density at radius 3 is 2.67 bits per heavy atom. The molecule has 2 rings (SSSR count). The molecule has 0 heterocycles. The van der Waals surface area contributed by atoms with Gasteiger partial charge in [0.15, 0.2) is 0 Å². The third-order valence-corrected chi connectivity index (χ3v) is 4.54. The van der Waals surface area contributed by atoms with Crippen LogP contribution in [0.3, 0.4) is 0 Å². The van der Waals surface area contributed by atoms with Crippen molar-refractivity contribution < 1.29 is 0 Å². The fourth-order valence-electron chi connectivity index (χ4n) is 2.54. The summed E-state index contributed by atoms with van der Waals surface area (Å²) in [5, 5.41) is 0.833. The summed E-state index contributed by atoms with van der Waals surface area (Å²) >= 11 is 6.20. The number of halogens is 1. The lowest BCUT2D eigenvalue weighted by molar-refractivity contribution is 0.237. The number of hydrogen-bond acceptors (Lipinski definition) is 2. The van der Waals surface area contributed by atoms with Gasteiger partial charge >= 0.3 is 0 Å². The summed E-state index contributed by atoms with van der Waals surface area (Å²) in [5.74, 6) is 1.73. The maximum absolute atomic E-state index is 6.20. The Labute approximate surface area is 115 Å². The van der Waals surface area contributed by atoms with Gasteiger partial charge in [-0.25, -0.2) is 0 Å². The molecule has 1 aliphatic rings. The van der Waals surface area contributed by atoms with Crippen LogP contribution < -0.4 is 5.73 Å². The van der Waals surface area contributed by atoms with Gasteiger partial charge in [-0.3, -0.25) is 4.90 Å². The highest BCUT2D eigenvalue weighted by Crippen LogP contribution is 2.39. The van der Waals surface area contributed by atoms with E-state index < -0.39 is 0 Å². The van der Waals surface area contributed by atoms with E-state index in [9.17, 15) is 0 Å². The van der Waals surface area contributed by atoms with Gasteiger partial charge in [0.25, 0.3) is 0 Å². The molecule has 1 saturated carbocycles. The molecule has 100 valence electrons. The van der Waals surface area contributed by atoms with Crippen LogP contribution in [0.2, 0.25) is 5.02 Å². The third-order valence-electron chi connectivity index (χ3n) is 4.13. The Morgan fingerprint density at radius 1 is 1.50 bits per heavy atom. The van der Waals surface area contributed by atoms with Gasteiger partial charge in [-0.15, -0.1) is 0 Å². The number of nitrogens with zero attached hydrogens (tertiary/aromatic N) is 1. The zero-order valence-corrected chi connectivity index (χ0v) is 12.2. The Kier molecular flexibility index (Phi) is 4.31. The van der Waals surface area contributed by atoms with Gasteiger partial charge < -0.3 is 5.73 Å². The monoisotopic (exact) mass is 266 g/mol. The van der Waals surface area contributed by atoms with Crippen LogP contribution in [0.4, 0.5) is 0 Å². The second-order valence-corrected chi connectivity index (χ2v) is 6.08. The van der Waals surface area contributed by atoms with Gasteiger partial charge in [-0.1, -0.05) is 30.7 Å². The topological polar surface area (TPSA) is 29.3 Å². The second-order valence-electron chi connectivity index (χ2n) is 5.67. The van der Waals surface area contributed by atoms with Gasteiger partial charge in [0, 0.05) is 24.2 Å². The molecule has 1 fully saturated rings. The zero-order valence-electron chi connectivity index (χ0n) is 11.5. The minimum Gasteiger partial charge on any atom is -0.329 e. The van der Waals surface area contributed by atoms with E-state index in [0.717, 1.165) is 29.0 Å². The van der Waals surface area contributed by atoms with Crippen molar-refractivity contribution in [3.05, 3.63) is 34.3 Å². The molecule has 18 heavy (non-hydrogen) atoms. The van der Waals surface area contributed by atoms with Crippen LogP contribution in [0.1, 0.15) is 30.5 Å². The van der Waals surface area contributed by atoms with Crippen molar-refractivity contribution in [2.24, 2.45) is 17.6 Å². The van der Waals surface area contributed by atoms with Crippen LogP contribution in [0.5, 0.6) is 0 Å². The minimum atomic E-state index is 0.274. The van der Waals surface area contributed by atoms with Crippen molar-refractivity contribution in [1.29, 1.82) is 0 Å². The Hall–Kier alpha value is -0.570. The number of benzene rings is 1. The van der Waals surface area contributed by atoms with Crippen molar-refractivity contribution in [2.75, 3.05) is 20.1 Å². The van der Waals surface area contributed by atoms with Crippen LogP contribution >= 0.6 is 11.6 Å². The van der Waals surface area contributed by atoms with Crippen LogP contribution in [0, 0.1) is 18.8 Å². The quantitative estimate of drug-likeness (QED) is 0.887. The molecular weight excluding hydrogens is 244 g/mol. The fraction of sp³-hybridized carbons (Fsp3) is 0.600. The molecule has 2 nitrogen and oxygen atoms in total. The summed E-state index contributed by atoms with van der Waals surface area (Å²) in [6.07, 6.45) is 1.36. The first kappa shape index (κ1) is 13.9. The van der Waals surface area contributed by atoms with Crippen molar-refractivity contribution in [3.8, 4) is 0 Å². The highest BCUT2D eigenvalue weighted by Gasteiger charge is 2.34. The molecule has 1 aromatic carbocycles. The number of hydrogen-bond donors (Lipinski definition) is 1. The van der Waals surface area contributed by atoms with E-state index in [1.807, 2.05) is 6.92 Å². The molecule has 1 aliphatic carbocycles. The van der Waals surface area contributed by atoms with E-state index in [0.29, 0.717) is 6.54 Å². The molecule has 3 heteroatoms. The Bertz CT molecular complexity index is 419. The highest BCUT2D eigenvalue weighted by atomic mass is 35.5. The summed E-state index contributed by atoms with van der Waals surface area (Å²) < 4.78 is 0. The van der Waals surface area contributed by atoms with E-state index in [4.69, 9.17) is 17.3 Å². The summed E-state index contributed by atoms with van der Waals surface area (Å²) in [7, 11) is 2.16. The van der Waals surface area contributed by atoms with Crippen molar-refractivity contribution in [3.63, 3.8) is 0 Å². The number of likely N-dealkylation sites (N-methyl/N-ethyl adjacent to an activating group) is 1. The lowest BCUT2D eigenvalue weighted by Crippen LogP contribution is -2.32.